The molecule has 2 rings (SSSR count). The van der Waals surface area contributed by atoms with Gasteiger partial charge in [-0.15, -0.1) is 23.1 Å². The van der Waals surface area contributed by atoms with Crippen molar-refractivity contribution in [2.45, 2.75) is 26.0 Å². The Kier molecular flexibility index (Phi) is 6.50. The van der Waals surface area contributed by atoms with Crippen molar-refractivity contribution in [3.05, 3.63) is 52.6 Å². The second kappa shape index (κ2) is 8.42. The van der Waals surface area contributed by atoms with E-state index in [0.29, 0.717) is 10.6 Å². The average Bonchev–Trinajstić information content (AvgIpc) is 2.92. The van der Waals surface area contributed by atoms with Crippen LogP contribution in [0.15, 0.2) is 41.4 Å². The van der Waals surface area contributed by atoms with E-state index in [1.165, 1.54) is 29.3 Å². The molecule has 1 aromatic heterocycles. The molecule has 0 unspecified atom stereocenters. The van der Waals surface area contributed by atoms with Crippen LogP contribution in [0.5, 0.6) is 0 Å². The van der Waals surface area contributed by atoms with Crippen molar-refractivity contribution in [3.8, 4) is 10.4 Å². The van der Waals surface area contributed by atoms with Crippen molar-refractivity contribution in [1.29, 1.82) is 0 Å². The van der Waals surface area contributed by atoms with Gasteiger partial charge in [0, 0.05) is 23.4 Å². The monoisotopic (exact) mass is 391 g/mol. The number of nitrogens with zero attached hydrogens (tertiary/aromatic N) is 1. The van der Waals surface area contributed by atoms with Crippen molar-refractivity contribution in [2.24, 2.45) is 0 Å². The summed E-state index contributed by atoms with van der Waals surface area (Å²) >= 11 is 2.58. The first-order valence-electron chi connectivity index (χ1n) is 7.99. The van der Waals surface area contributed by atoms with Crippen LogP contribution in [-0.2, 0) is 4.79 Å². The quantitative estimate of drug-likeness (QED) is 0.652. The summed E-state index contributed by atoms with van der Waals surface area (Å²) in [6, 6.07) is 9.57. The fourth-order valence-electron chi connectivity index (χ4n) is 2.49. The van der Waals surface area contributed by atoms with Crippen molar-refractivity contribution in [2.75, 3.05) is 11.9 Å². The lowest BCUT2D eigenvalue weighted by atomic mass is 10.1. The topological polar surface area (TPSA) is 77.8 Å². The second-order valence-corrected chi connectivity index (χ2v) is 8.60. The molecule has 0 bridgehead atoms. The fraction of sp³-hybridized carbons (Fsp3) is 0.263. The number of anilines is 1. The number of carboxylic acid groups (broad SMARTS) is 2. The Morgan fingerprint density at radius 3 is 2.31 bits per heavy atom. The zero-order chi connectivity index (χ0) is 19.4. The lowest BCUT2D eigenvalue weighted by molar-refractivity contribution is -0.131. The van der Waals surface area contributed by atoms with Crippen molar-refractivity contribution >= 4 is 40.0 Å². The summed E-state index contributed by atoms with van der Waals surface area (Å²) in [5.41, 5.74) is 1.82. The molecule has 0 atom stereocenters. The third-order valence-corrected chi connectivity index (χ3v) is 6.02. The van der Waals surface area contributed by atoms with Gasteiger partial charge in [0.1, 0.15) is 9.91 Å². The third-order valence-electron chi connectivity index (χ3n) is 3.58. The van der Waals surface area contributed by atoms with E-state index in [9.17, 15) is 19.8 Å². The van der Waals surface area contributed by atoms with Crippen LogP contribution in [-0.4, -0.2) is 34.4 Å². The van der Waals surface area contributed by atoms with Gasteiger partial charge in [-0.05, 0) is 18.1 Å². The van der Waals surface area contributed by atoms with Crippen LogP contribution in [0, 0.1) is 6.92 Å². The second-order valence-electron chi connectivity index (χ2n) is 5.98. The van der Waals surface area contributed by atoms with E-state index < -0.39 is 11.9 Å². The van der Waals surface area contributed by atoms with Gasteiger partial charge in [0.2, 0.25) is 0 Å². The Morgan fingerprint density at radius 1 is 1.19 bits per heavy atom. The molecule has 2 N–H and O–H groups in total. The number of rotatable bonds is 7. The van der Waals surface area contributed by atoms with Crippen LogP contribution in [0.2, 0.25) is 0 Å². The normalized spacial score (nSPS) is 11.7. The van der Waals surface area contributed by atoms with Gasteiger partial charge in [-0.1, -0.05) is 44.2 Å². The first-order valence-corrected chi connectivity index (χ1v) is 9.68. The highest BCUT2D eigenvalue weighted by atomic mass is 32.2. The summed E-state index contributed by atoms with van der Waals surface area (Å²) in [6.07, 6.45) is 1.49. The van der Waals surface area contributed by atoms with Crippen molar-refractivity contribution in [1.82, 2.24) is 0 Å². The molecule has 0 amide bonds. The van der Waals surface area contributed by atoms with Crippen LogP contribution in [0.4, 0.5) is 5.00 Å². The summed E-state index contributed by atoms with van der Waals surface area (Å²) < 4.78 is 0. The molecule has 7 heteroatoms. The number of thioether (sulfide) groups is 1. The lowest BCUT2D eigenvalue weighted by Crippen LogP contribution is -2.14. The van der Waals surface area contributed by atoms with E-state index in [-0.39, 0.29) is 15.7 Å². The van der Waals surface area contributed by atoms with Gasteiger partial charge in [0.05, 0.1) is 5.56 Å². The largest absolute Gasteiger partial charge is 0.478 e. The van der Waals surface area contributed by atoms with E-state index in [1.54, 1.807) is 18.9 Å². The Balaban J connectivity index is 2.54. The molecular formula is C19H21NO4S2. The van der Waals surface area contributed by atoms with Crippen LogP contribution in [0.1, 0.15) is 29.8 Å². The maximum Gasteiger partial charge on any atom is 0.343 e. The van der Waals surface area contributed by atoms with Crippen LogP contribution >= 0.6 is 23.1 Å². The van der Waals surface area contributed by atoms with Gasteiger partial charge >= 0.3 is 11.9 Å². The fourth-order valence-corrected chi connectivity index (χ4v) is 4.56. The zero-order valence-corrected chi connectivity index (χ0v) is 16.6. The molecule has 1 heterocycles. The minimum absolute atomic E-state index is 0.106. The summed E-state index contributed by atoms with van der Waals surface area (Å²) in [4.78, 5) is 25.9. The van der Waals surface area contributed by atoms with E-state index in [4.69, 9.17) is 0 Å². The van der Waals surface area contributed by atoms with Crippen LogP contribution in [0.25, 0.3) is 10.4 Å². The number of aliphatic carboxylic acids is 1. The molecule has 0 aliphatic carbocycles. The van der Waals surface area contributed by atoms with E-state index in [1.807, 2.05) is 44.2 Å². The van der Waals surface area contributed by atoms with Crippen molar-refractivity contribution in [3.63, 3.8) is 0 Å². The number of aromatic carboxylic acids is 1. The van der Waals surface area contributed by atoms with Crippen molar-refractivity contribution < 1.29 is 19.8 Å². The van der Waals surface area contributed by atoms with Gasteiger partial charge in [0.25, 0.3) is 0 Å². The molecule has 0 saturated heterocycles. The van der Waals surface area contributed by atoms with Gasteiger partial charge in [-0.2, -0.15) is 0 Å². The highest BCUT2D eigenvalue weighted by Crippen LogP contribution is 2.42. The first-order chi connectivity index (χ1) is 12.2. The Hall–Kier alpha value is -2.25. The van der Waals surface area contributed by atoms with Gasteiger partial charge in [-0.25, -0.2) is 9.59 Å². The summed E-state index contributed by atoms with van der Waals surface area (Å²) in [7, 11) is 1.68. The summed E-state index contributed by atoms with van der Waals surface area (Å²) in [5.74, 6) is -2.05. The molecule has 0 saturated carbocycles. The maximum absolute atomic E-state index is 11.8. The van der Waals surface area contributed by atoms with Gasteiger partial charge < -0.3 is 15.1 Å². The Bertz CT molecular complexity index is 841. The number of thiophene rings is 1. The molecule has 0 aliphatic heterocycles. The summed E-state index contributed by atoms with van der Waals surface area (Å²) in [5, 5.41) is 19.7. The minimum Gasteiger partial charge on any atom is -0.478 e. The molecule has 0 aliphatic rings. The van der Waals surface area contributed by atoms with Gasteiger partial charge in [0.15, 0.2) is 0 Å². The summed E-state index contributed by atoms with van der Waals surface area (Å²) in [6.45, 7) is 5.60. The molecule has 0 radical (unpaired) electrons. The van der Waals surface area contributed by atoms with Gasteiger partial charge in [-0.3, -0.25) is 0 Å². The molecule has 1 aromatic carbocycles. The number of carboxylic acids is 2. The number of hydrogen-bond acceptors (Lipinski definition) is 5. The highest BCUT2D eigenvalue weighted by Gasteiger charge is 2.24. The van der Waals surface area contributed by atoms with Crippen LogP contribution < -0.4 is 4.90 Å². The maximum atomic E-state index is 11.8. The predicted octanol–water partition coefficient (Wildman–Crippen LogP) is 4.93. The number of carbonyl (C=O) groups is 2. The van der Waals surface area contributed by atoms with E-state index >= 15 is 0 Å². The Morgan fingerprint density at radius 2 is 1.81 bits per heavy atom. The Labute approximate surface area is 161 Å². The SMILES string of the molecule is Cc1c(-c2ccccc2)sc(N(C)C=C(SC(C)C)C(=O)O)c1C(=O)O. The standard InChI is InChI=1S/C19H21NO4S2/c1-11(2)25-14(18(21)22)10-20(4)17-15(19(23)24)12(3)16(26-17)13-8-6-5-7-9-13/h5-11H,1-4H3,(H,21,22)(H,23,24). The highest BCUT2D eigenvalue weighted by molar-refractivity contribution is 8.04. The van der Waals surface area contributed by atoms with E-state index in [0.717, 1.165) is 10.4 Å². The third kappa shape index (κ3) is 4.47. The first kappa shape index (κ1) is 20.1. The average molecular weight is 392 g/mol. The zero-order valence-electron chi connectivity index (χ0n) is 15.0. The number of benzene rings is 1. The molecular weight excluding hydrogens is 370 g/mol. The molecule has 26 heavy (non-hydrogen) atoms. The van der Waals surface area contributed by atoms with Crippen LogP contribution in [0.3, 0.4) is 0 Å². The molecule has 0 fully saturated rings. The molecule has 0 spiro atoms. The molecule has 5 nitrogen and oxygen atoms in total. The lowest BCUT2D eigenvalue weighted by Gasteiger charge is -2.15. The smallest absolute Gasteiger partial charge is 0.343 e. The molecule has 2 aromatic rings. The minimum atomic E-state index is -1.02. The molecule has 138 valence electrons. The predicted molar refractivity (Wildman–Crippen MR) is 108 cm³/mol. The number of hydrogen-bond donors (Lipinski definition) is 2. The van der Waals surface area contributed by atoms with E-state index in [2.05, 4.69) is 0 Å².